The second-order valence-electron chi connectivity index (χ2n) is 4.84. The van der Waals surface area contributed by atoms with Gasteiger partial charge < -0.3 is 4.90 Å². The molecule has 0 aromatic carbocycles. The average Bonchev–Trinajstić information content (AvgIpc) is 3.11. The van der Waals surface area contributed by atoms with Gasteiger partial charge in [0.1, 0.15) is 12.1 Å². The van der Waals surface area contributed by atoms with Gasteiger partial charge in [-0.1, -0.05) is 0 Å². The van der Waals surface area contributed by atoms with Crippen LogP contribution in [0.15, 0.2) is 29.5 Å². The molecule has 6 heteroatoms. The Morgan fingerprint density at radius 3 is 3.16 bits per heavy atom. The van der Waals surface area contributed by atoms with E-state index in [4.69, 9.17) is 0 Å². The third-order valence-electron chi connectivity index (χ3n) is 3.59. The van der Waals surface area contributed by atoms with E-state index in [9.17, 15) is 0 Å². The lowest BCUT2D eigenvalue weighted by Gasteiger charge is -2.25. The second kappa shape index (κ2) is 5.63. The molecule has 19 heavy (non-hydrogen) atoms. The van der Waals surface area contributed by atoms with Gasteiger partial charge in [0.25, 0.3) is 0 Å². The van der Waals surface area contributed by atoms with E-state index in [-0.39, 0.29) is 0 Å². The molecule has 0 bridgehead atoms. The lowest BCUT2D eigenvalue weighted by atomic mass is 10.2. The molecule has 1 atom stereocenters. The second-order valence-corrected chi connectivity index (χ2v) is 5.55. The molecule has 1 saturated heterocycles. The Morgan fingerprint density at radius 1 is 1.47 bits per heavy atom. The summed E-state index contributed by atoms with van der Waals surface area (Å²) in [6.07, 6.45) is 4.57. The molecular formula is C13H17N5S. The van der Waals surface area contributed by atoms with Crippen LogP contribution in [0.1, 0.15) is 12.1 Å². The summed E-state index contributed by atoms with van der Waals surface area (Å²) in [5.74, 6) is 0.996. The summed E-state index contributed by atoms with van der Waals surface area (Å²) < 4.78 is 0. The summed E-state index contributed by atoms with van der Waals surface area (Å²) in [6.45, 7) is 3.15. The fraction of sp³-hybridized carbons (Fsp3) is 0.462. The van der Waals surface area contributed by atoms with Gasteiger partial charge in [-0.05, 0) is 12.5 Å². The zero-order chi connectivity index (χ0) is 13.1. The largest absolute Gasteiger partial charge is 0.355 e. The number of hydrogen-bond donors (Lipinski definition) is 0. The smallest absolute Gasteiger partial charge is 0.131 e. The minimum atomic E-state index is 0.522. The molecule has 2 aromatic heterocycles. The van der Waals surface area contributed by atoms with Crippen LogP contribution in [0.25, 0.3) is 0 Å². The Morgan fingerprint density at radius 2 is 2.42 bits per heavy atom. The van der Waals surface area contributed by atoms with Gasteiger partial charge in [0, 0.05) is 44.3 Å². The van der Waals surface area contributed by atoms with Gasteiger partial charge in [0.15, 0.2) is 0 Å². The first-order valence-electron chi connectivity index (χ1n) is 6.41. The molecule has 3 rings (SSSR count). The van der Waals surface area contributed by atoms with Crippen LogP contribution in [0.3, 0.4) is 0 Å². The SMILES string of the molecule is CN(c1ccncn1)C1CCN(Cc2cscn2)C1. The predicted molar refractivity (Wildman–Crippen MR) is 76.2 cm³/mol. The Hall–Kier alpha value is -1.53. The van der Waals surface area contributed by atoms with Gasteiger partial charge in [-0.2, -0.15) is 0 Å². The fourth-order valence-corrected chi connectivity index (χ4v) is 3.05. The monoisotopic (exact) mass is 275 g/mol. The summed E-state index contributed by atoms with van der Waals surface area (Å²) in [5, 5.41) is 2.13. The number of hydrogen-bond acceptors (Lipinski definition) is 6. The van der Waals surface area contributed by atoms with Crippen molar-refractivity contribution < 1.29 is 0 Å². The zero-order valence-corrected chi connectivity index (χ0v) is 11.8. The molecule has 0 aliphatic carbocycles. The van der Waals surface area contributed by atoms with Crippen molar-refractivity contribution in [3.8, 4) is 0 Å². The van der Waals surface area contributed by atoms with Gasteiger partial charge in [-0.15, -0.1) is 11.3 Å². The van der Waals surface area contributed by atoms with Crippen LogP contribution >= 0.6 is 11.3 Å². The Bertz CT molecular complexity index is 501. The average molecular weight is 275 g/mol. The van der Waals surface area contributed by atoms with Crippen molar-refractivity contribution in [3.63, 3.8) is 0 Å². The number of rotatable bonds is 4. The van der Waals surface area contributed by atoms with Crippen LogP contribution in [-0.4, -0.2) is 46.0 Å². The van der Waals surface area contributed by atoms with E-state index in [1.54, 1.807) is 23.9 Å². The molecule has 1 aliphatic heterocycles. The van der Waals surface area contributed by atoms with Gasteiger partial charge in [0.05, 0.1) is 11.2 Å². The van der Waals surface area contributed by atoms with E-state index >= 15 is 0 Å². The molecule has 0 amide bonds. The van der Waals surface area contributed by atoms with Crippen LogP contribution < -0.4 is 4.90 Å². The Balaban J connectivity index is 1.59. The van der Waals surface area contributed by atoms with Gasteiger partial charge in [-0.3, -0.25) is 4.90 Å². The molecule has 100 valence electrons. The molecule has 2 aromatic rings. The highest BCUT2D eigenvalue weighted by atomic mass is 32.1. The molecule has 1 fully saturated rings. The highest BCUT2D eigenvalue weighted by Crippen LogP contribution is 2.20. The quantitative estimate of drug-likeness (QED) is 0.849. The third-order valence-corrected chi connectivity index (χ3v) is 4.23. The molecule has 1 unspecified atom stereocenters. The molecule has 0 radical (unpaired) electrons. The van der Waals surface area contributed by atoms with Crippen LogP contribution in [-0.2, 0) is 6.54 Å². The summed E-state index contributed by atoms with van der Waals surface area (Å²) >= 11 is 1.66. The van der Waals surface area contributed by atoms with Crippen LogP contribution in [0.5, 0.6) is 0 Å². The van der Waals surface area contributed by atoms with E-state index in [1.807, 2.05) is 11.6 Å². The highest BCUT2D eigenvalue weighted by Gasteiger charge is 2.26. The molecule has 3 heterocycles. The van der Waals surface area contributed by atoms with Gasteiger partial charge in [0.2, 0.25) is 0 Å². The maximum Gasteiger partial charge on any atom is 0.131 e. The number of aromatic nitrogens is 3. The zero-order valence-electron chi connectivity index (χ0n) is 10.9. The van der Waals surface area contributed by atoms with Gasteiger partial charge in [-0.25, -0.2) is 15.0 Å². The Labute approximate surface area is 116 Å². The number of nitrogens with zero attached hydrogens (tertiary/aromatic N) is 5. The number of anilines is 1. The van der Waals surface area contributed by atoms with Crippen molar-refractivity contribution in [1.29, 1.82) is 0 Å². The summed E-state index contributed by atoms with van der Waals surface area (Å²) in [5.41, 5.74) is 3.07. The van der Waals surface area contributed by atoms with E-state index in [0.29, 0.717) is 6.04 Å². The lowest BCUT2D eigenvalue weighted by molar-refractivity contribution is 0.322. The standard InChI is InChI=1S/C13H17N5S/c1-17(13-2-4-14-9-15-13)12-3-5-18(7-12)6-11-8-19-10-16-11/h2,4,8-10,12H,3,5-7H2,1H3. The van der Waals surface area contributed by atoms with Crippen LogP contribution in [0, 0.1) is 0 Å². The van der Waals surface area contributed by atoms with E-state index in [0.717, 1.165) is 25.5 Å². The first-order chi connectivity index (χ1) is 9.33. The normalized spacial score (nSPS) is 19.7. The van der Waals surface area contributed by atoms with Crippen molar-refractivity contribution in [2.24, 2.45) is 0 Å². The van der Waals surface area contributed by atoms with E-state index in [2.05, 4.69) is 37.2 Å². The third kappa shape index (κ3) is 2.90. The van der Waals surface area contributed by atoms with Crippen molar-refractivity contribution in [1.82, 2.24) is 19.9 Å². The van der Waals surface area contributed by atoms with Crippen molar-refractivity contribution in [3.05, 3.63) is 35.2 Å². The van der Waals surface area contributed by atoms with E-state index < -0.39 is 0 Å². The number of likely N-dealkylation sites (tertiary alicyclic amines) is 1. The molecule has 5 nitrogen and oxygen atoms in total. The predicted octanol–water partition coefficient (Wildman–Crippen LogP) is 1.64. The first kappa shape index (κ1) is 12.5. The molecular weight excluding hydrogens is 258 g/mol. The minimum absolute atomic E-state index is 0.522. The van der Waals surface area contributed by atoms with Crippen LogP contribution in [0.2, 0.25) is 0 Å². The van der Waals surface area contributed by atoms with Crippen molar-refractivity contribution >= 4 is 17.2 Å². The van der Waals surface area contributed by atoms with E-state index in [1.165, 1.54) is 12.1 Å². The Kier molecular flexibility index (Phi) is 3.70. The van der Waals surface area contributed by atoms with Crippen molar-refractivity contribution in [2.75, 3.05) is 25.0 Å². The molecule has 1 aliphatic rings. The van der Waals surface area contributed by atoms with Gasteiger partial charge >= 0.3 is 0 Å². The maximum atomic E-state index is 4.35. The van der Waals surface area contributed by atoms with Crippen molar-refractivity contribution in [2.45, 2.75) is 19.0 Å². The summed E-state index contributed by atoms with van der Waals surface area (Å²) in [4.78, 5) is 17.3. The lowest BCUT2D eigenvalue weighted by Crippen LogP contribution is -2.34. The first-order valence-corrected chi connectivity index (χ1v) is 7.35. The highest BCUT2D eigenvalue weighted by molar-refractivity contribution is 7.07. The molecule has 0 spiro atoms. The summed E-state index contributed by atoms with van der Waals surface area (Å²) in [6, 6.07) is 2.48. The topological polar surface area (TPSA) is 45.2 Å². The van der Waals surface area contributed by atoms with Crippen LogP contribution in [0.4, 0.5) is 5.82 Å². The molecule has 0 N–H and O–H groups in total. The molecule has 0 saturated carbocycles. The number of likely N-dealkylation sites (N-methyl/N-ethyl adjacent to an activating group) is 1. The number of thiazole rings is 1. The minimum Gasteiger partial charge on any atom is -0.355 e. The summed E-state index contributed by atoms with van der Waals surface area (Å²) in [7, 11) is 2.11. The fourth-order valence-electron chi connectivity index (χ4n) is 2.50. The maximum absolute atomic E-state index is 4.35.